The third kappa shape index (κ3) is 3.69. The number of halogens is 2. The van der Waals surface area contributed by atoms with Crippen molar-refractivity contribution in [1.29, 1.82) is 0 Å². The molecule has 0 unspecified atom stereocenters. The lowest BCUT2D eigenvalue weighted by atomic mass is 10.2. The Hall–Kier alpha value is -2.81. The van der Waals surface area contributed by atoms with Crippen LogP contribution >= 0.6 is 11.3 Å². The van der Waals surface area contributed by atoms with E-state index in [1.807, 2.05) is 0 Å². The van der Waals surface area contributed by atoms with Crippen molar-refractivity contribution < 1.29 is 22.7 Å². The number of ether oxygens (including phenoxy) is 1. The number of anilines is 1. The summed E-state index contributed by atoms with van der Waals surface area (Å²) >= 11 is 1.13. The Morgan fingerprint density at radius 3 is 2.87 bits per heavy atom. The zero-order valence-electron chi connectivity index (χ0n) is 11.4. The minimum Gasteiger partial charge on any atom is -0.462 e. The van der Waals surface area contributed by atoms with Gasteiger partial charge in [-0.2, -0.15) is 8.78 Å². The van der Waals surface area contributed by atoms with E-state index in [4.69, 9.17) is 4.42 Å². The second kappa shape index (κ2) is 6.53. The zero-order valence-corrected chi connectivity index (χ0v) is 12.2. The van der Waals surface area contributed by atoms with Crippen molar-refractivity contribution in [3.05, 3.63) is 48.2 Å². The molecule has 0 radical (unpaired) electrons. The van der Waals surface area contributed by atoms with Gasteiger partial charge in [0.15, 0.2) is 10.8 Å². The average molecular weight is 337 g/mol. The van der Waals surface area contributed by atoms with Gasteiger partial charge in [-0.15, -0.1) is 10.2 Å². The summed E-state index contributed by atoms with van der Waals surface area (Å²) in [5.74, 6) is -0.0663. The lowest BCUT2D eigenvalue weighted by Gasteiger charge is -2.06. The average Bonchev–Trinajstić information content (AvgIpc) is 3.17. The van der Waals surface area contributed by atoms with Crippen LogP contribution in [0.1, 0.15) is 10.4 Å². The zero-order chi connectivity index (χ0) is 16.2. The van der Waals surface area contributed by atoms with Gasteiger partial charge in [-0.05, 0) is 30.3 Å². The van der Waals surface area contributed by atoms with Crippen LogP contribution in [0.15, 0.2) is 47.1 Å². The van der Waals surface area contributed by atoms with Crippen LogP contribution in [0.2, 0.25) is 0 Å². The fourth-order valence-electron chi connectivity index (χ4n) is 1.76. The summed E-state index contributed by atoms with van der Waals surface area (Å²) in [4.78, 5) is 12.1. The fourth-order valence-corrected chi connectivity index (χ4v) is 2.46. The minimum atomic E-state index is -2.95. The van der Waals surface area contributed by atoms with Crippen molar-refractivity contribution in [2.45, 2.75) is 6.61 Å². The summed E-state index contributed by atoms with van der Waals surface area (Å²) in [6.45, 7) is -2.95. The molecule has 0 fully saturated rings. The second-order valence-corrected chi connectivity index (χ2v) is 5.23. The van der Waals surface area contributed by atoms with Gasteiger partial charge in [0, 0.05) is 5.56 Å². The van der Waals surface area contributed by atoms with E-state index in [0.717, 1.165) is 11.3 Å². The molecule has 1 amide bonds. The maximum Gasteiger partial charge on any atom is 0.387 e. The van der Waals surface area contributed by atoms with Gasteiger partial charge in [0.2, 0.25) is 5.13 Å². The molecular formula is C14H9F2N3O3S. The standard InChI is InChI=1S/C14H9F2N3O3S/c15-13(16)22-9-4-1-3-8(7-9)11(20)17-14-19-18-12(23-14)10-5-2-6-21-10/h1-7,13H,(H,17,19,20). The maximum atomic E-state index is 12.2. The Morgan fingerprint density at radius 2 is 2.13 bits per heavy atom. The molecule has 0 spiro atoms. The molecule has 1 aromatic carbocycles. The van der Waals surface area contributed by atoms with Crippen LogP contribution in [0, 0.1) is 0 Å². The number of carbonyl (C=O) groups excluding carboxylic acids is 1. The first-order chi connectivity index (χ1) is 11.1. The van der Waals surface area contributed by atoms with Crippen LogP contribution in [0.4, 0.5) is 13.9 Å². The molecule has 23 heavy (non-hydrogen) atoms. The van der Waals surface area contributed by atoms with E-state index in [1.165, 1.54) is 30.5 Å². The normalized spacial score (nSPS) is 10.7. The van der Waals surface area contributed by atoms with E-state index < -0.39 is 12.5 Å². The summed E-state index contributed by atoms with van der Waals surface area (Å²) in [5.41, 5.74) is 0.165. The van der Waals surface area contributed by atoms with Crippen molar-refractivity contribution >= 4 is 22.4 Å². The number of rotatable bonds is 5. The Labute approximate surface area is 132 Å². The largest absolute Gasteiger partial charge is 0.462 e. The van der Waals surface area contributed by atoms with E-state index in [0.29, 0.717) is 10.8 Å². The van der Waals surface area contributed by atoms with E-state index in [2.05, 4.69) is 20.3 Å². The molecule has 0 aliphatic heterocycles. The molecule has 3 aromatic rings. The molecule has 1 N–H and O–H groups in total. The molecule has 9 heteroatoms. The van der Waals surface area contributed by atoms with Gasteiger partial charge >= 0.3 is 6.61 Å². The molecule has 118 valence electrons. The third-order valence-corrected chi connectivity index (χ3v) is 3.55. The first kappa shape index (κ1) is 15.1. The van der Waals surface area contributed by atoms with Gasteiger partial charge < -0.3 is 9.15 Å². The number of aromatic nitrogens is 2. The number of amides is 1. The molecule has 6 nitrogen and oxygen atoms in total. The smallest absolute Gasteiger partial charge is 0.387 e. The maximum absolute atomic E-state index is 12.2. The van der Waals surface area contributed by atoms with Crippen LogP contribution in [0.3, 0.4) is 0 Å². The topological polar surface area (TPSA) is 77.3 Å². The van der Waals surface area contributed by atoms with Crippen molar-refractivity contribution in [2.75, 3.05) is 5.32 Å². The lowest BCUT2D eigenvalue weighted by molar-refractivity contribution is -0.0498. The second-order valence-electron chi connectivity index (χ2n) is 4.25. The predicted molar refractivity (Wildman–Crippen MR) is 78.6 cm³/mol. The highest BCUT2D eigenvalue weighted by molar-refractivity contribution is 7.18. The Kier molecular flexibility index (Phi) is 4.29. The van der Waals surface area contributed by atoms with Gasteiger partial charge in [-0.1, -0.05) is 17.4 Å². The number of nitrogens with zero attached hydrogens (tertiary/aromatic N) is 2. The number of furan rings is 1. The molecular weight excluding hydrogens is 328 g/mol. The molecule has 0 saturated carbocycles. The molecule has 0 aliphatic rings. The molecule has 0 saturated heterocycles. The van der Waals surface area contributed by atoms with Crippen LogP contribution < -0.4 is 10.1 Å². The van der Waals surface area contributed by atoms with Crippen LogP contribution in [0.25, 0.3) is 10.8 Å². The Bertz CT molecular complexity index is 805. The Morgan fingerprint density at radius 1 is 1.26 bits per heavy atom. The SMILES string of the molecule is O=C(Nc1nnc(-c2ccco2)s1)c1cccc(OC(F)F)c1. The number of alkyl halides is 2. The monoisotopic (exact) mass is 337 g/mol. The number of hydrogen-bond donors (Lipinski definition) is 1. The Balaban J connectivity index is 1.72. The first-order valence-corrected chi connectivity index (χ1v) is 7.17. The van der Waals surface area contributed by atoms with Crippen LogP contribution in [0.5, 0.6) is 5.75 Å². The van der Waals surface area contributed by atoms with Crippen LogP contribution in [-0.4, -0.2) is 22.7 Å². The quantitative estimate of drug-likeness (QED) is 0.769. The highest BCUT2D eigenvalue weighted by Crippen LogP contribution is 2.27. The van der Waals surface area contributed by atoms with Crippen molar-refractivity contribution in [1.82, 2.24) is 10.2 Å². The van der Waals surface area contributed by atoms with E-state index >= 15 is 0 Å². The van der Waals surface area contributed by atoms with Gasteiger partial charge in [0.25, 0.3) is 5.91 Å². The first-order valence-electron chi connectivity index (χ1n) is 6.35. The molecule has 2 aromatic heterocycles. The van der Waals surface area contributed by atoms with Gasteiger partial charge in [0.1, 0.15) is 5.75 Å². The minimum absolute atomic E-state index is 0.0961. The number of carbonyl (C=O) groups is 1. The van der Waals surface area contributed by atoms with E-state index in [9.17, 15) is 13.6 Å². The molecule has 2 heterocycles. The molecule has 0 aliphatic carbocycles. The summed E-state index contributed by atoms with van der Waals surface area (Å²) in [6, 6.07) is 8.91. The summed E-state index contributed by atoms with van der Waals surface area (Å²) in [6.07, 6.45) is 1.50. The summed E-state index contributed by atoms with van der Waals surface area (Å²) in [7, 11) is 0. The molecule has 0 atom stereocenters. The molecule has 3 rings (SSSR count). The van der Waals surface area contributed by atoms with Crippen LogP contribution in [-0.2, 0) is 0 Å². The van der Waals surface area contributed by atoms with Crippen molar-refractivity contribution in [3.63, 3.8) is 0 Å². The highest BCUT2D eigenvalue weighted by atomic mass is 32.1. The number of benzene rings is 1. The fraction of sp³-hybridized carbons (Fsp3) is 0.0714. The molecule has 0 bridgehead atoms. The predicted octanol–water partition coefficient (Wildman–Crippen LogP) is 3.65. The lowest BCUT2D eigenvalue weighted by Crippen LogP contribution is -2.12. The van der Waals surface area contributed by atoms with Gasteiger partial charge in [0.05, 0.1) is 6.26 Å². The summed E-state index contributed by atoms with van der Waals surface area (Å²) in [5, 5.41) is 11.1. The van der Waals surface area contributed by atoms with E-state index in [1.54, 1.807) is 12.1 Å². The van der Waals surface area contributed by atoms with Gasteiger partial charge in [-0.3, -0.25) is 10.1 Å². The number of hydrogen-bond acceptors (Lipinski definition) is 6. The van der Waals surface area contributed by atoms with Crippen molar-refractivity contribution in [2.24, 2.45) is 0 Å². The van der Waals surface area contributed by atoms with E-state index in [-0.39, 0.29) is 16.4 Å². The number of nitrogens with one attached hydrogen (secondary N) is 1. The summed E-state index contributed by atoms with van der Waals surface area (Å²) < 4.78 is 33.8. The highest BCUT2D eigenvalue weighted by Gasteiger charge is 2.14. The van der Waals surface area contributed by atoms with Crippen molar-refractivity contribution in [3.8, 4) is 16.5 Å². The third-order valence-electron chi connectivity index (χ3n) is 2.70. The van der Waals surface area contributed by atoms with Gasteiger partial charge in [-0.25, -0.2) is 0 Å².